The number of nitrogens with one attached hydrogen (secondary N) is 1. The first-order valence-electron chi connectivity index (χ1n) is 7.20. The standard InChI is InChI=1S/C14H17N3O3S/c18-12-11(9-3-1-2-4-9)13(19)17(14(20)16-12)6-5-10-7-21-8-15-10/h7-9,11H,1-6H2,(H,16,18,20). The van der Waals surface area contributed by atoms with E-state index < -0.39 is 17.9 Å². The molecule has 1 saturated heterocycles. The molecule has 6 nitrogen and oxygen atoms in total. The van der Waals surface area contributed by atoms with Gasteiger partial charge in [-0.3, -0.25) is 19.8 Å². The summed E-state index contributed by atoms with van der Waals surface area (Å²) in [7, 11) is 0. The van der Waals surface area contributed by atoms with E-state index >= 15 is 0 Å². The monoisotopic (exact) mass is 307 g/mol. The highest BCUT2D eigenvalue weighted by atomic mass is 32.1. The molecule has 0 spiro atoms. The van der Waals surface area contributed by atoms with Crippen molar-refractivity contribution in [3.63, 3.8) is 0 Å². The summed E-state index contributed by atoms with van der Waals surface area (Å²) in [5.74, 6) is -1.39. The average molecular weight is 307 g/mol. The van der Waals surface area contributed by atoms with Crippen molar-refractivity contribution in [2.24, 2.45) is 11.8 Å². The molecule has 3 rings (SSSR count). The van der Waals surface area contributed by atoms with Crippen molar-refractivity contribution in [1.29, 1.82) is 0 Å². The molecule has 2 fully saturated rings. The highest BCUT2D eigenvalue weighted by Gasteiger charge is 2.44. The summed E-state index contributed by atoms with van der Waals surface area (Å²) in [4.78, 5) is 41.7. The fourth-order valence-electron chi connectivity index (χ4n) is 3.14. The van der Waals surface area contributed by atoms with Gasteiger partial charge < -0.3 is 0 Å². The van der Waals surface area contributed by atoms with Gasteiger partial charge in [0.15, 0.2) is 0 Å². The van der Waals surface area contributed by atoms with Crippen LogP contribution in [-0.2, 0) is 16.0 Å². The number of imide groups is 2. The lowest BCUT2D eigenvalue weighted by Crippen LogP contribution is -2.59. The van der Waals surface area contributed by atoms with Crippen LogP contribution in [0.3, 0.4) is 0 Å². The predicted molar refractivity (Wildman–Crippen MR) is 76.5 cm³/mol. The van der Waals surface area contributed by atoms with Gasteiger partial charge in [0.05, 0.1) is 11.2 Å². The van der Waals surface area contributed by atoms with Crippen molar-refractivity contribution in [3.05, 3.63) is 16.6 Å². The molecule has 112 valence electrons. The fourth-order valence-corrected chi connectivity index (χ4v) is 3.73. The molecule has 7 heteroatoms. The summed E-state index contributed by atoms with van der Waals surface area (Å²) >= 11 is 1.48. The van der Waals surface area contributed by atoms with Crippen LogP contribution in [0, 0.1) is 11.8 Å². The minimum atomic E-state index is -0.694. The highest BCUT2D eigenvalue weighted by molar-refractivity contribution is 7.07. The first-order chi connectivity index (χ1) is 10.2. The number of aromatic nitrogens is 1. The van der Waals surface area contributed by atoms with Crippen LogP contribution in [0.1, 0.15) is 31.4 Å². The largest absolute Gasteiger partial charge is 0.330 e. The molecule has 1 N–H and O–H groups in total. The first-order valence-corrected chi connectivity index (χ1v) is 8.14. The van der Waals surface area contributed by atoms with E-state index in [0.29, 0.717) is 6.42 Å². The number of carbonyl (C=O) groups is 3. The number of carbonyl (C=O) groups excluding carboxylic acids is 3. The lowest BCUT2D eigenvalue weighted by molar-refractivity contribution is -0.144. The molecule has 4 amide bonds. The fraction of sp³-hybridized carbons (Fsp3) is 0.571. The molecule has 1 unspecified atom stereocenters. The second-order valence-corrected chi connectivity index (χ2v) is 6.25. The molecule has 1 aromatic heterocycles. The minimum Gasteiger partial charge on any atom is -0.277 e. The van der Waals surface area contributed by atoms with Crippen molar-refractivity contribution in [2.75, 3.05) is 6.54 Å². The Morgan fingerprint density at radius 2 is 2.05 bits per heavy atom. The van der Waals surface area contributed by atoms with E-state index in [0.717, 1.165) is 31.4 Å². The van der Waals surface area contributed by atoms with E-state index in [9.17, 15) is 14.4 Å². The van der Waals surface area contributed by atoms with Crippen molar-refractivity contribution >= 4 is 29.2 Å². The molecule has 1 atom stereocenters. The molecule has 1 aliphatic heterocycles. The molecule has 1 aromatic rings. The molecule has 2 heterocycles. The van der Waals surface area contributed by atoms with Crippen LogP contribution in [0.5, 0.6) is 0 Å². The molecule has 2 aliphatic rings. The van der Waals surface area contributed by atoms with E-state index in [2.05, 4.69) is 10.3 Å². The summed E-state index contributed by atoms with van der Waals surface area (Å²) in [5, 5.41) is 4.22. The second-order valence-electron chi connectivity index (χ2n) is 5.54. The van der Waals surface area contributed by atoms with Crippen molar-refractivity contribution < 1.29 is 14.4 Å². The van der Waals surface area contributed by atoms with Gasteiger partial charge in [0.1, 0.15) is 5.92 Å². The third-order valence-corrected chi connectivity index (χ3v) is 4.87. The van der Waals surface area contributed by atoms with Gasteiger partial charge in [-0.25, -0.2) is 9.78 Å². The van der Waals surface area contributed by atoms with Crippen LogP contribution in [-0.4, -0.2) is 34.3 Å². The van der Waals surface area contributed by atoms with Gasteiger partial charge in [-0.15, -0.1) is 11.3 Å². The Morgan fingerprint density at radius 1 is 1.29 bits per heavy atom. The maximum absolute atomic E-state index is 12.5. The number of barbiturate groups is 1. The lowest BCUT2D eigenvalue weighted by Gasteiger charge is -2.32. The number of urea groups is 1. The molecular weight excluding hydrogens is 290 g/mol. The molecule has 21 heavy (non-hydrogen) atoms. The van der Waals surface area contributed by atoms with E-state index in [4.69, 9.17) is 0 Å². The minimum absolute atomic E-state index is 0.0763. The van der Waals surface area contributed by atoms with Crippen LogP contribution < -0.4 is 5.32 Å². The van der Waals surface area contributed by atoms with Gasteiger partial charge in [-0.05, 0) is 18.8 Å². The maximum Gasteiger partial charge on any atom is 0.330 e. The van der Waals surface area contributed by atoms with Gasteiger partial charge in [0.2, 0.25) is 11.8 Å². The summed E-state index contributed by atoms with van der Waals surface area (Å²) in [6.07, 6.45) is 4.40. The summed E-state index contributed by atoms with van der Waals surface area (Å²) in [6, 6.07) is -0.602. The zero-order valence-electron chi connectivity index (χ0n) is 11.6. The molecule has 1 aliphatic carbocycles. The number of rotatable bonds is 4. The second kappa shape index (κ2) is 5.93. The lowest BCUT2D eigenvalue weighted by atomic mass is 9.87. The van der Waals surface area contributed by atoms with E-state index in [1.165, 1.54) is 16.2 Å². The summed E-state index contributed by atoms with van der Waals surface area (Å²) in [6.45, 7) is 0.269. The number of hydrogen-bond donors (Lipinski definition) is 1. The highest BCUT2D eigenvalue weighted by Crippen LogP contribution is 2.33. The number of hydrogen-bond acceptors (Lipinski definition) is 5. The third-order valence-electron chi connectivity index (χ3n) is 4.24. The van der Waals surface area contributed by atoms with E-state index in [1.54, 1.807) is 5.51 Å². The van der Waals surface area contributed by atoms with Gasteiger partial charge in [0, 0.05) is 18.3 Å². The quantitative estimate of drug-likeness (QED) is 0.856. The Balaban J connectivity index is 1.71. The Morgan fingerprint density at radius 3 is 2.71 bits per heavy atom. The van der Waals surface area contributed by atoms with Gasteiger partial charge in [0.25, 0.3) is 0 Å². The zero-order chi connectivity index (χ0) is 14.8. The Labute approximate surface area is 126 Å². The smallest absolute Gasteiger partial charge is 0.277 e. The van der Waals surface area contributed by atoms with Gasteiger partial charge >= 0.3 is 6.03 Å². The van der Waals surface area contributed by atoms with Crippen molar-refractivity contribution in [2.45, 2.75) is 32.1 Å². The first kappa shape index (κ1) is 14.2. The third kappa shape index (κ3) is 2.83. The predicted octanol–water partition coefficient (Wildman–Crippen LogP) is 1.57. The SMILES string of the molecule is O=C1NC(=O)N(CCc2cscn2)C(=O)C1C1CCCC1. The van der Waals surface area contributed by atoms with E-state index in [-0.39, 0.29) is 18.4 Å². The topological polar surface area (TPSA) is 79.4 Å². The number of thiazole rings is 1. The van der Waals surface area contributed by atoms with Crippen LogP contribution in [0.2, 0.25) is 0 Å². The molecule has 0 aromatic carbocycles. The van der Waals surface area contributed by atoms with Gasteiger partial charge in [-0.1, -0.05) is 12.8 Å². The van der Waals surface area contributed by atoms with Crippen LogP contribution >= 0.6 is 11.3 Å². The van der Waals surface area contributed by atoms with Crippen LogP contribution in [0.15, 0.2) is 10.9 Å². The number of amides is 4. The maximum atomic E-state index is 12.5. The summed E-state index contributed by atoms with van der Waals surface area (Å²) in [5.41, 5.74) is 2.58. The Hall–Kier alpha value is -1.76. The normalized spacial score (nSPS) is 23.7. The molecule has 0 bridgehead atoms. The molecule has 0 radical (unpaired) electrons. The van der Waals surface area contributed by atoms with Crippen molar-refractivity contribution in [3.8, 4) is 0 Å². The van der Waals surface area contributed by atoms with Crippen molar-refractivity contribution in [1.82, 2.24) is 15.2 Å². The Bertz CT molecular complexity index is 552. The summed E-state index contributed by atoms with van der Waals surface area (Å²) < 4.78 is 0. The Kier molecular flexibility index (Phi) is 4.01. The zero-order valence-corrected chi connectivity index (χ0v) is 12.4. The van der Waals surface area contributed by atoms with E-state index in [1.807, 2.05) is 5.38 Å². The average Bonchev–Trinajstić information content (AvgIpc) is 3.10. The molecular formula is C14H17N3O3S. The van der Waals surface area contributed by atoms with Crippen LogP contribution in [0.4, 0.5) is 4.79 Å². The van der Waals surface area contributed by atoms with Gasteiger partial charge in [-0.2, -0.15) is 0 Å². The van der Waals surface area contributed by atoms with Crippen LogP contribution in [0.25, 0.3) is 0 Å². The molecule has 1 saturated carbocycles. The number of nitrogens with zero attached hydrogens (tertiary/aromatic N) is 2.